The van der Waals surface area contributed by atoms with Crippen molar-refractivity contribution in [1.29, 1.82) is 0 Å². The maximum atomic E-state index is 13.0. The first-order valence-electron chi connectivity index (χ1n) is 10.6. The molecule has 5 rings (SSSR count). The molecule has 9 heteroatoms. The van der Waals surface area contributed by atoms with Crippen molar-refractivity contribution in [3.05, 3.63) is 47.8 Å². The Labute approximate surface area is 179 Å². The van der Waals surface area contributed by atoms with Gasteiger partial charge < -0.3 is 20.4 Å². The summed E-state index contributed by atoms with van der Waals surface area (Å²) in [6.45, 7) is 3.33. The minimum absolute atomic E-state index is 0.289. The van der Waals surface area contributed by atoms with Crippen LogP contribution in [0.5, 0.6) is 0 Å². The zero-order chi connectivity index (χ0) is 21.4. The first-order chi connectivity index (χ1) is 15.0. The number of nitrogens with one attached hydrogen (secondary N) is 2. The molecule has 2 atom stereocenters. The summed E-state index contributed by atoms with van der Waals surface area (Å²) in [5.74, 6) is 0.405. The number of fused-ring (bicyclic) bond motifs is 1. The molecule has 0 bridgehead atoms. The molecule has 0 radical (unpaired) electrons. The summed E-state index contributed by atoms with van der Waals surface area (Å²) in [5, 5.41) is 30.7. The predicted octanol–water partition coefficient (Wildman–Crippen LogP) is 1.35. The van der Waals surface area contributed by atoms with Crippen LogP contribution in [0.25, 0.3) is 10.9 Å². The summed E-state index contributed by atoms with van der Waals surface area (Å²) >= 11 is 0. The van der Waals surface area contributed by atoms with Crippen molar-refractivity contribution in [2.45, 2.75) is 31.6 Å². The van der Waals surface area contributed by atoms with Gasteiger partial charge in [-0.05, 0) is 42.7 Å². The third-order valence-corrected chi connectivity index (χ3v) is 6.01. The zero-order valence-corrected chi connectivity index (χ0v) is 17.2. The fourth-order valence-electron chi connectivity index (χ4n) is 4.34. The summed E-state index contributed by atoms with van der Waals surface area (Å²) in [6, 6.07) is 9.27. The van der Waals surface area contributed by atoms with Crippen LogP contribution in [0.3, 0.4) is 0 Å². The Kier molecular flexibility index (Phi) is 5.31. The number of rotatable bonds is 5. The highest BCUT2D eigenvalue weighted by atomic mass is 16.3. The van der Waals surface area contributed by atoms with Gasteiger partial charge in [0.25, 0.3) is 5.91 Å². The molecule has 3 aromatic rings. The monoisotopic (exact) mass is 422 g/mol. The van der Waals surface area contributed by atoms with Gasteiger partial charge in [0.1, 0.15) is 11.5 Å². The number of pyridine rings is 1. The first-order valence-corrected chi connectivity index (χ1v) is 10.6. The summed E-state index contributed by atoms with van der Waals surface area (Å²) in [7, 11) is 0. The number of aromatic amines is 1. The average Bonchev–Trinajstić information content (AvgIpc) is 3.50. The molecular formula is C22H26N6O3. The second kappa shape index (κ2) is 8.26. The van der Waals surface area contributed by atoms with E-state index in [0.29, 0.717) is 43.3 Å². The van der Waals surface area contributed by atoms with E-state index in [-0.39, 0.29) is 18.1 Å². The number of aromatic nitrogens is 3. The van der Waals surface area contributed by atoms with Crippen molar-refractivity contribution in [2.24, 2.45) is 0 Å². The highest BCUT2D eigenvalue weighted by molar-refractivity contribution is 6.04. The number of anilines is 2. The highest BCUT2D eigenvalue weighted by Crippen LogP contribution is 2.26. The Hall–Kier alpha value is -3.01. The quantitative estimate of drug-likeness (QED) is 0.490. The van der Waals surface area contributed by atoms with Gasteiger partial charge in [0, 0.05) is 43.8 Å². The number of aliphatic hydroxyl groups is 2. The number of benzene rings is 1. The fraction of sp³-hybridized carbons (Fsp3) is 0.409. The number of carbonyl (C=O) groups is 1. The van der Waals surface area contributed by atoms with Crippen molar-refractivity contribution in [3.8, 4) is 0 Å². The minimum atomic E-state index is -0.355. The molecule has 9 nitrogen and oxygen atoms in total. The van der Waals surface area contributed by atoms with Crippen LogP contribution >= 0.6 is 0 Å². The third kappa shape index (κ3) is 4.25. The van der Waals surface area contributed by atoms with Crippen LogP contribution in [-0.2, 0) is 6.54 Å². The second-order valence-corrected chi connectivity index (χ2v) is 8.37. The largest absolute Gasteiger partial charge is 0.392 e. The molecular weight excluding hydrogens is 396 g/mol. The smallest absolute Gasteiger partial charge is 0.274 e. The number of hydrogen-bond donors (Lipinski definition) is 4. The molecule has 2 aromatic heterocycles. The Morgan fingerprint density at radius 1 is 1.16 bits per heavy atom. The number of H-pyrrole nitrogens is 1. The lowest BCUT2D eigenvalue weighted by Crippen LogP contribution is -2.24. The van der Waals surface area contributed by atoms with Crippen LogP contribution in [-0.4, -0.2) is 74.6 Å². The van der Waals surface area contributed by atoms with E-state index >= 15 is 0 Å². The van der Waals surface area contributed by atoms with Crippen molar-refractivity contribution in [3.63, 3.8) is 0 Å². The Morgan fingerprint density at radius 2 is 2.00 bits per heavy atom. The number of hydrogen-bond acceptors (Lipinski definition) is 7. The standard InChI is InChI=1S/C22H26N6O3/c29-16-4-6-27(12-16)11-15-8-14-10-23-26-20(14)9-19(15)25-22(31)18-2-1-3-21(24-18)28-7-5-17(30)13-28/h1-3,8-10,16-17,29-30H,4-7,11-13H2,(H,23,26)(H,25,31)/t16-,17+/m1/s1. The lowest BCUT2D eigenvalue weighted by molar-refractivity contribution is 0.102. The van der Waals surface area contributed by atoms with E-state index < -0.39 is 0 Å². The summed E-state index contributed by atoms with van der Waals surface area (Å²) in [6.07, 6.45) is 2.58. The van der Waals surface area contributed by atoms with E-state index in [1.807, 2.05) is 29.2 Å². The molecule has 2 fully saturated rings. The van der Waals surface area contributed by atoms with Crippen molar-refractivity contribution >= 4 is 28.3 Å². The Balaban J connectivity index is 1.39. The maximum Gasteiger partial charge on any atom is 0.274 e. The second-order valence-electron chi connectivity index (χ2n) is 8.37. The molecule has 0 saturated carbocycles. The summed E-state index contributed by atoms with van der Waals surface area (Å²) < 4.78 is 0. The van der Waals surface area contributed by atoms with Crippen LogP contribution in [0.1, 0.15) is 28.9 Å². The normalized spacial score (nSPS) is 21.8. The van der Waals surface area contributed by atoms with Gasteiger partial charge in [-0.2, -0.15) is 5.10 Å². The third-order valence-electron chi connectivity index (χ3n) is 6.01. The lowest BCUT2D eigenvalue weighted by atomic mass is 10.1. The molecule has 4 N–H and O–H groups in total. The molecule has 0 spiro atoms. The topological polar surface area (TPSA) is 118 Å². The van der Waals surface area contributed by atoms with Gasteiger partial charge in [-0.1, -0.05) is 6.07 Å². The van der Waals surface area contributed by atoms with Gasteiger partial charge in [0.15, 0.2) is 0 Å². The molecule has 162 valence electrons. The number of likely N-dealkylation sites (tertiary alicyclic amines) is 1. The van der Waals surface area contributed by atoms with Crippen LogP contribution < -0.4 is 10.2 Å². The number of aliphatic hydroxyl groups excluding tert-OH is 2. The average molecular weight is 422 g/mol. The maximum absolute atomic E-state index is 13.0. The Morgan fingerprint density at radius 3 is 2.77 bits per heavy atom. The molecule has 2 aliphatic rings. The fourth-order valence-corrected chi connectivity index (χ4v) is 4.34. The van der Waals surface area contributed by atoms with Gasteiger partial charge >= 0.3 is 0 Å². The number of β-amino-alcohol motifs (C(OH)–C–C–N with tert-alkyl or cyclic N) is 2. The van der Waals surface area contributed by atoms with Gasteiger partial charge in [0.05, 0.1) is 23.9 Å². The van der Waals surface area contributed by atoms with Crippen molar-refractivity contribution in [2.75, 3.05) is 36.4 Å². The number of nitrogens with zero attached hydrogens (tertiary/aromatic N) is 4. The van der Waals surface area contributed by atoms with E-state index in [1.54, 1.807) is 12.3 Å². The first kappa shape index (κ1) is 19.9. The summed E-state index contributed by atoms with van der Waals surface area (Å²) in [5.41, 5.74) is 2.83. The molecule has 31 heavy (non-hydrogen) atoms. The van der Waals surface area contributed by atoms with E-state index in [0.717, 1.165) is 36.0 Å². The molecule has 4 heterocycles. The van der Waals surface area contributed by atoms with Crippen molar-refractivity contribution in [1.82, 2.24) is 20.1 Å². The molecule has 1 aromatic carbocycles. The number of amides is 1. The summed E-state index contributed by atoms with van der Waals surface area (Å²) in [4.78, 5) is 21.7. The minimum Gasteiger partial charge on any atom is -0.392 e. The zero-order valence-electron chi connectivity index (χ0n) is 17.2. The van der Waals surface area contributed by atoms with E-state index in [9.17, 15) is 15.0 Å². The molecule has 2 aliphatic heterocycles. The molecule has 1 amide bonds. The molecule has 2 saturated heterocycles. The molecule has 0 unspecified atom stereocenters. The van der Waals surface area contributed by atoms with E-state index in [2.05, 4.69) is 25.4 Å². The van der Waals surface area contributed by atoms with Gasteiger partial charge in [-0.3, -0.25) is 14.8 Å². The van der Waals surface area contributed by atoms with E-state index in [4.69, 9.17) is 0 Å². The van der Waals surface area contributed by atoms with Crippen LogP contribution in [0.15, 0.2) is 36.5 Å². The predicted molar refractivity (Wildman–Crippen MR) is 117 cm³/mol. The van der Waals surface area contributed by atoms with Crippen LogP contribution in [0.4, 0.5) is 11.5 Å². The SMILES string of the molecule is O=C(Nc1cc2[nH]ncc2cc1CN1CC[C@@H](O)C1)c1cccc(N2CC[C@H](O)C2)n1. The lowest BCUT2D eigenvalue weighted by Gasteiger charge is -2.19. The van der Waals surface area contributed by atoms with Gasteiger partial charge in [0.2, 0.25) is 0 Å². The van der Waals surface area contributed by atoms with Crippen LogP contribution in [0, 0.1) is 0 Å². The Bertz CT molecular complexity index is 1100. The number of carbonyl (C=O) groups excluding carboxylic acids is 1. The highest BCUT2D eigenvalue weighted by Gasteiger charge is 2.24. The van der Waals surface area contributed by atoms with E-state index in [1.165, 1.54) is 0 Å². The van der Waals surface area contributed by atoms with Gasteiger partial charge in [-0.15, -0.1) is 0 Å². The van der Waals surface area contributed by atoms with Crippen LogP contribution in [0.2, 0.25) is 0 Å². The molecule has 0 aliphatic carbocycles. The van der Waals surface area contributed by atoms with Crippen molar-refractivity contribution < 1.29 is 15.0 Å². The van der Waals surface area contributed by atoms with Gasteiger partial charge in [-0.25, -0.2) is 4.98 Å².